The number of rotatable bonds is 3. The van der Waals surface area contributed by atoms with Crippen LogP contribution in [0.25, 0.3) is 0 Å². The molecule has 0 saturated heterocycles. The second kappa shape index (κ2) is 3.90. The zero-order valence-electron chi connectivity index (χ0n) is 5.62. The highest BCUT2D eigenvalue weighted by atomic mass is 17.2. The van der Waals surface area contributed by atoms with Gasteiger partial charge in [0.25, 0.3) is 0 Å². The zero-order chi connectivity index (χ0) is 7.23. The third-order valence-corrected chi connectivity index (χ3v) is 0.982. The average Bonchev–Trinajstić information content (AvgIpc) is 2.03. The van der Waals surface area contributed by atoms with Crippen molar-refractivity contribution >= 4 is 0 Å². The van der Waals surface area contributed by atoms with Crippen molar-refractivity contribution in [2.24, 2.45) is 0 Å². The van der Waals surface area contributed by atoms with Gasteiger partial charge in [-0.3, -0.25) is 0 Å². The molecule has 1 aromatic rings. The summed E-state index contributed by atoms with van der Waals surface area (Å²) in [6.07, 6.45) is 0. The Labute approximate surface area is 60.3 Å². The molecule has 0 fully saturated rings. The first-order valence-corrected chi connectivity index (χ1v) is 3.07. The minimum atomic E-state index is 0.314. The van der Waals surface area contributed by atoms with Gasteiger partial charge in [0.2, 0.25) is 0 Å². The molecule has 0 aliphatic rings. The fourth-order valence-corrected chi connectivity index (χ4v) is 0.586. The van der Waals surface area contributed by atoms with Crippen LogP contribution in [-0.2, 0) is 4.89 Å². The lowest BCUT2D eigenvalue weighted by atomic mass is 10.3. The summed E-state index contributed by atoms with van der Waals surface area (Å²) in [6.45, 7) is 3.77. The summed E-state index contributed by atoms with van der Waals surface area (Å²) in [4.78, 5) is 9.40. The van der Waals surface area contributed by atoms with Gasteiger partial charge >= 0.3 is 0 Å². The highest BCUT2D eigenvalue weighted by Crippen LogP contribution is 2.07. The molecule has 1 aromatic carbocycles. The molecule has 10 heavy (non-hydrogen) atoms. The summed E-state index contributed by atoms with van der Waals surface area (Å²) < 4.78 is 0. The van der Waals surface area contributed by atoms with Crippen molar-refractivity contribution in [2.75, 3.05) is 6.61 Å². The van der Waals surface area contributed by atoms with E-state index in [4.69, 9.17) is 4.89 Å². The molecular formula is C8H9O2. The van der Waals surface area contributed by atoms with Gasteiger partial charge in [-0.2, -0.15) is 4.89 Å². The fourth-order valence-electron chi connectivity index (χ4n) is 0.586. The summed E-state index contributed by atoms with van der Waals surface area (Å²) in [5, 5.41) is 0. The Hall–Kier alpha value is -1.02. The van der Waals surface area contributed by atoms with Crippen LogP contribution in [0, 0.1) is 6.92 Å². The minimum absolute atomic E-state index is 0.314. The van der Waals surface area contributed by atoms with Gasteiger partial charge in [-0.25, -0.2) is 0 Å². The van der Waals surface area contributed by atoms with E-state index in [-0.39, 0.29) is 0 Å². The van der Waals surface area contributed by atoms with Crippen LogP contribution in [0.1, 0.15) is 0 Å². The normalized spacial score (nSPS) is 9.30. The van der Waals surface area contributed by atoms with Crippen LogP contribution in [0.2, 0.25) is 0 Å². The van der Waals surface area contributed by atoms with Crippen molar-refractivity contribution in [1.29, 1.82) is 0 Å². The zero-order valence-corrected chi connectivity index (χ0v) is 5.62. The summed E-state index contributed by atoms with van der Waals surface area (Å²) in [5.74, 6) is 0.700. The fraction of sp³-hybridized carbons (Fsp3) is 0.125. The molecule has 0 atom stereocenters. The van der Waals surface area contributed by atoms with E-state index in [2.05, 4.69) is 11.8 Å². The molecule has 0 N–H and O–H groups in total. The molecule has 0 bridgehead atoms. The van der Waals surface area contributed by atoms with Gasteiger partial charge < -0.3 is 4.89 Å². The van der Waals surface area contributed by atoms with E-state index in [1.54, 1.807) is 0 Å². The topological polar surface area (TPSA) is 18.5 Å². The van der Waals surface area contributed by atoms with Gasteiger partial charge in [-0.05, 0) is 19.1 Å². The average molecular weight is 137 g/mol. The second-order valence-corrected chi connectivity index (χ2v) is 1.72. The largest absolute Gasteiger partial charge is 0.338 e. The van der Waals surface area contributed by atoms with Crippen molar-refractivity contribution in [3.63, 3.8) is 0 Å². The van der Waals surface area contributed by atoms with Gasteiger partial charge in [0.15, 0.2) is 5.75 Å². The maximum Gasteiger partial charge on any atom is 0.165 e. The Balaban J connectivity index is 2.43. The van der Waals surface area contributed by atoms with E-state index < -0.39 is 0 Å². The summed E-state index contributed by atoms with van der Waals surface area (Å²) in [6, 6.07) is 9.30. The molecule has 0 spiro atoms. The predicted octanol–water partition coefficient (Wildman–Crippen LogP) is 1.83. The van der Waals surface area contributed by atoms with E-state index in [9.17, 15) is 0 Å². The van der Waals surface area contributed by atoms with Crippen molar-refractivity contribution in [3.05, 3.63) is 37.3 Å². The third kappa shape index (κ3) is 2.07. The van der Waals surface area contributed by atoms with Crippen LogP contribution in [0.4, 0.5) is 0 Å². The van der Waals surface area contributed by atoms with Crippen molar-refractivity contribution in [3.8, 4) is 5.75 Å². The SMILES string of the molecule is [CH2]COOc1ccccc1. The first kappa shape index (κ1) is 7.09. The molecule has 0 aliphatic carbocycles. The second-order valence-electron chi connectivity index (χ2n) is 1.72. The van der Waals surface area contributed by atoms with Gasteiger partial charge in [0.05, 0.1) is 6.61 Å². The Morgan fingerprint density at radius 3 is 2.50 bits per heavy atom. The van der Waals surface area contributed by atoms with Crippen molar-refractivity contribution < 1.29 is 9.78 Å². The number of para-hydroxylation sites is 1. The number of benzene rings is 1. The number of hydrogen-bond donors (Lipinski definition) is 0. The molecule has 1 rings (SSSR count). The molecule has 53 valence electrons. The molecule has 0 amide bonds. The molecule has 0 heterocycles. The van der Waals surface area contributed by atoms with E-state index in [0.717, 1.165) is 0 Å². The lowest BCUT2D eigenvalue weighted by Crippen LogP contribution is -1.94. The Morgan fingerprint density at radius 1 is 1.20 bits per heavy atom. The molecule has 0 saturated carbocycles. The Morgan fingerprint density at radius 2 is 1.90 bits per heavy atom. The standard InChI is InChI=1S/C8H9O2/c1-2-9-10-8-6-4-3-5-7-8/h3-7H,1-2H2. The van der Waals surface area contributed by atoms with E-state index >= 15 is 0 Å². The summed E-state index contributed by atoms with van der Waals surface area (Å²) in [7, 11) is 0. The first-order valence-electron chi connectivity index (χ1n) is 3.07. The molecule has 0 unspecified atom stereocenters. The molecule has 0 aromatic heterocycles. The maximum absolute atomic E-state index is 4.79. The molecule has 0 aliphatic heterocycles. The molecule has 1 radical (unpaired) electrons. The van der Waals surface area contributed by atoms with Gasteiger partial charge in [0, 0.05) is 0 Å². The van der Waals surface area contributed by atoms with Crippen LogP contribution < -0.4 is 4.89 Å². The Bertz CT molecular complexity index is 172. The van der Waals surface area contributed by atoms with Crippen LogP contribution in [0.3, 0.4) is 0 Å². The van der Waals surface area contributed by atoms with Crippen molar-refractivity contribution in [2.45, 2.75) is 0 Å². The smallest absolute Gasteiger partial charge is 0.165 e. The van der Waals surface area contributed by atoms with Crippen LogP contribution in [-0.4, -0.2) is 6.61 Å². The van der Waals surface area contributed by atoms with Crippen LogP contribution in [0.15, 0.2) is 30.3 Å². The van der Waals surface area contributed by atoms with Gasteiger partial charge in [-0.15, -0.1) is 0 Å². The lowest BCUT2D eigenvalue weighted by Gasteiger charge is -1.99. The van der Waals surface area contributed by atoms with E-state index in [1.165, 1.54) is 0 Å². The minimum Gasteiger partial charge on any atom is -0.338 e. The highest BCUT2D eigenvalue weighted by molar-refractivity contribution is 5.20. The summed E-state index contributed by atoms with van der Waals surface area (Å²) in [5.41, 5.74) is 0. The van der Waals surface area contributed by atoms with Crippen LogP contribution in [0.5, 0.6) is 5.75 Å². The van der Waals surface area contributed by atoms with Crippen molar-refractivity contribution in [1.82, 2.24) is 0 Å². The summed E-state index contributed by atoms with van der Waals surface area (Å²) >= 11 is 0. The first-order chi connectivity index (χ1) is 4.93. The van der Waals surface area contributed by atoms with Gasteiger partial charge in [-0.1, -0.05) is 18.2 Å². The Kier molecular flexibility index (Phi) is 2.77. The van der Waals surface area contributed by atoms with Crippen LogP contribution >= 0.6 is 0 Å². The highest BCUT2D eigenvalue weighted by Gasteiger charge is 1.87. The maximum atomic E-state index is 4.79. The van der Waals surface area contributed by atoms with Gasteiger partial charge in [0.1, 0.15) is 0 Å². The van der Waals surface area contributed by atoms with E-state index in [0.29, 0.717) is 12.4 Å². The van der Waals surface area contributed by atoms with E-state index in [1.807, 2.05) is 30.3 Å². The predicted molar refractivity (Wildman–Crippen MR) is 38.4 cm³/mol. The molecule has 2 heteroatoms. The quantitative estimate of drug-likeness (QED) is 0.467. The molecular weight excluding hydrogens is 128 g/mol. The lowest BCUT2D eigenvalue weighted by molar-refractivity contribution is -0.196. The third-order valence-electron chi connectivity index (χ3n) is 0.982. The number of hydrogen-bond acceptors (Lipinski definition) is 2. The molecule has 2 nitrogen and oxygen atoms in total. The monoisotopic (exact) mass is 137 g/mol.